The Kier molecular flexibility index (Phi) is 4.75. The zero-order chi connectivity index (χ0) is 14.4. The maximum absolute atomic E-state index is 9.10. The van der Waals surface area contributed by atoms with Gasteiger partial charge >= 0.3 is 0 Å². The summed E-state index contributed by atoms with van der Waals surface area (Å²) in [7, 11) is 3.65. The van der Waals surface area contributed by atoms with E-state index in [-0.39, 0.29) is 0 Å². The second kappa shape index (κ2) is 6.74. The van der Waals surface area contributed by atoms with Gasteiger partial charge in [0.25, 0.3) is 0 Å². The number of hydrogen-bond acceptors (Lipinski definition) is 3. The molecule has 0 atom stereocenters. The molecule has 0 aliphatic rings. The fraction of sp³-hybridized carbons (Fsp3) is 0.235. The van der Waals surface area contributed by atoms with Crippen molar-refractivity contribution in [3.05, 3.63) is 65.2 Å². The highest BCUT2D eigenvalue weighted by atomic mass is 16.5. The van der Waals surface area contributed by atoms with Crippen LogP contribution in [0.3, 0.4) is 0 Å². The van der Waals surface area contributed by atoms with Crippen molar-refractivity contribution in [3.63, 3.8) is 0 Å². The topological polar surface area (TPSA) is 36.3 Å². The van der Waals surface area contributed by atoms with E-state index in [1.54, 1.807) is 7.11 Å². The molecule has 0 bridgehead atoms. The Balaban J connectivity index is 2.05. The highest BCUT2D eigenvalue weighted by Gasteiger charge is 2.06. The minimum absolute atomic E-state index is 0.582. The van der Waals surface area contributed by atoms with Gasteiger partial charge in [-0.1, -0.05) is 36.4 Å². The molecule has 3 heteroatoms. The molecule has 0 saturated heterocycles. The molecule has 0 unspecified atom stereocenters. The van der Waals surface area contributed by atoms with Crippen LogP contribution in [0.15, 0.2) is 48.5 Å². The van der Waals surface area contributed by atoms with Crippen LogP contribution < -0.4 is 4.74 Å². The smallest absolute Gasteiger partial charge is 0.136 e. The van der Waals surface area contributed by atoms with Crippen molar-refractivity contribution in [1.29, 1.82) is 5.26 Å². The van der Waals surface area contributed by atoms with Gasteiger partial charge in [0.1, 0.15) is 11.8 Å². The Bertz CT molecular complexity index is 602. The average molecular weight is 266 g/mol. The van der Waals surface area contributed by atoms with Gasteiger partial charge in [-0.3, -0.25) is 4.90 Å². The highest BCUT2D eigenvalue weighted by Crippen LogP contribution is 2.19. The van der Waals surface area contributed by atoms with Crippen LogP contribution in [-0.2, 0) is 13.1 Å². The monoisotopic (exact) mass is 266 g/mol. The van der Waals surface area contributed by atoms with E-state index in [1.165, 1.54) is 5.56 Å². The van der Waals surface area contributed by atoms with Crippen molar-refractivity contribution < 1.29 is 4.74 Å². The van der Waals surface area contributed by atoms with Gasteiger partial charge in [0.15, 0.2) is 0 Å². The van der Waals surface area contributed by atoms with E-state index >= 15 is 0 Å². The fourth-order valence-corrected chi connectivity index (χ4v) is 2.20. The first-order valence-electron chi connectivity index (χ1n) is 6.52. The number of nitrogens with zero attached hydrogens (tertiary/aromatic N) is 2. The van der Waals surface area contributed by atoms with Gasteiger partial charge in [-0.05, 0) is 30.3 Å². The number of ether oxygens (including phenoxy) is 1. The summed E-state index contributed by atoms with van der Waals surface area (Å²) in [6, 6.07) is 18.3. The Hall–Kier alpha value is -2.31. The van der Waals surface area contributed by atoms with Crippen molar-refractivity contribution in [3.8, 4) is 11.8 Å². The Morgan fingerprint density at radius 3 is 2.40 bits per heavy atom. The first-order valence-corrected chi connectivity index (χ1v) is 6.52. The quantitative estimate of drug-likeness (QED) is 0.833. The normalized spacial score (nSPS) is 10.3. The lowest BCUT2D eigenvalue weighted by atomic mass is 10.1. The van der Waals surface area contributed by atoms with Crippen molar-refractivity contribution in [1.82, 2.24) is 4.90 Å². The van der Waals surface area contributed by atoms with Gasteiger partial charge in [-0.25, -0.2) is 0 Å². The highest BCUT2D eigenvalue weighted by molar-refractivity contribution is 5.45. The minimum atomic E-state index is 0.582. The predicted molar refractivity (Wildman–Crippen MR) is 79.3 cm³/mol. The number of benzene rings is 2. The Morgan fingerprint density at radius 1 is 1.05 bits per heavy atom. The maximum Gasteiger partial charge on any atom is 0.136 e. The van der Waals surface area contributed by atoms with Crippen molar-refractivity contribution in [2.75, 3.05) is 14.2 Å². The van der Waals surface area contributed by atoms with Crippen molar-refractivity contribution in [2.45, 2.75) is 13.1 Å². The molecule has 0 aliphatic heterocycles. The number of hydrogen-bond donors (Lipinski definition) is 0. The van der Waals surface area contributed by atoms with E-state index < -0.39 is 0 Å². The van der Waals surface area contributed by atoms with Gasteiger partial charge in [-0.2, -0.15) is 5.26 Å². The van der Waals surface area contributed by atoms with E-state index in [2.05, 4.69) is 30.1 Å². The molecule has 0 aromatic heterocycles. The summed E-state index contributed by atoms with van der Waals surface area (Å²) < 4.78 is 5.16. The second-order valence-corrected chi connectivity index (χ2v) is 4.80. The molecule has 2 aromatic rings. The molecular weight excluding hydrogens is 248 g/mol. The molecule has 0 fully saturated rings. The molecule has 2 rings (SSSR count). The summed E-state index contributed by atoms with van der Waals surface area (Å²) in [5.41, 5.74) is 2.97. The summed E-state index contributed by atoms with van der Waals surface area (Å²) >= 11 is 0. The van der Waals surface area contributed by atoms with Crippen LogP contribution in [0.25, 0.3) is 0 Å². The molecule has 0 N–H and O–H groups in total. The zero-order valence-electron chi connectivity index (χ0n) is 11.8. The first-order chi connectivity index (χ1) is 9.72. The largest absolute Gasteiger partial charge is 0.495 e. The standard InChI is InChI=1S/C17H18N2O/c1-19(12-14-6-4-3-5-7-14)13-15-8-9-17(20-2)16(10-15)11-18/h3-10H,12-13H2,1-2H3. The molecular formula is C17H18N2O. The number of rotatable bonds is 5. The lowest BCUT2D eigenvalue weighted by Crippen LogP contribution is -2.17. The van der Waals surface area contributed by atoms with Crippen LogP contribution in [0.4, 0.5) is 0 Å². The molecule has 0 saturated carbocycles. The van der Waals surface area contributed by atoms with Gasteiger partial charge in [0, 0.05) is 13.1 Å². The predicted octanol–water partition coefficient (Wildman–Crippen LogP) is 3.20. The summed E-state index contributed by atoms with van der Waals surface area (Å²) in [6.07, 6.45) is 0. The van der Waals surface area contributed by atoms with E-state index in [1.807, 2.05) is 36.4 Å². The SMILES string of the molecule is COc1ccc(CN(C)Cc2ccccc2)cc1C#N. The van der Waals surface area contributed by atoms with E-state index in [9.17, 15) is 0 Å². The molecule has 20 heavy (non-hydrogen) atoms. The van der Waals surface area contributed by atoms with Crippen LogP contribution in [-0.4, -0.2) is 19.1 Å². The van der Waals surface area contributed by atoms with Crippen LogP contribution in [0.5, 0.6) is 5.75 Å². The van der Waals surface area contributed by atoms with E-state index in [4.69, 9.17) is 10.00 Å². The third-order valence-electron chi connectivity index (χ3n) is 3.13. The Morgan fingerprint density at radius 2 is 1.75 bits per heavy atom. The fourth-order valence-electron chi connectivity index (χ4n) is 2.20. The third kappa shape index (κ3) is 3.59. The van der Waals surface area contributed by atoms with Gasteiger partial charge < -0.3 is 4.74 Å². The lowest BCUT2D eigenvalue weighted by molar-refractivity contribution is 0.319. The molecule has 102 valence electrons. The van der Waals surface area contributed by atoms with Crippen molar-refractivity contribution >= 4 is 0 Å². The number of nitriles is 1. The molecule has 0 radical (unpaired) electrons. The van der Waals surface area contributed by atoms with Gasteiger partial charge in [0.05, 0.1) is 12.7 Å². The summed E-state index contributed by atoms with van der Waals surface area (Å²) in [5, 5.41) is 9.10. The van der Waals surface area contributed by atoms with E-state index in [0.717, 1.165) is 18.7 Å². The molecule has 0 amide bonds. The van der Waals surface area contributed by atoms with E-state index in [0.29, 0.717) is 11.3 Å². The maximum atomic E-state index is 9.10. The van der Waals surface area contributed by atoms with Gasteiger partial charge in [0.2, 0.25) is 0 Å². The first kappa shape index (κ1) is 14.1. The van der Waals surface area contributed by atoms with Crippen LogP contribution >= 0.6 is 0 Å². The number of methoxy groups -OCH3 is 1. The van der Waals surface area contributed by atoms with Crippen LogP contribution in [0.1, 0.15) is 16.7 Å². The lowest BCUT2D eigenvalue weighted by Gasteiger charge is -2.17. The molecule has 0 heterocycles. The molecule has 3 nitrogen and oxygen atoms in total. The molecule has 0 spiro atoms. The summed E-state index contributed by atoms with van der Waals surface area (Å²) in [4.78, 5) is 2.22. The third-order valence-corrected chi connectivity index (χ3v) is 3.13. The molecule has 0 aliphatic carbocycles. The van der Waals surface area contributed by atoms with Crippen molar-refractivity contribution in [2.24, 2.45) is 0 Å². The van der Waals surface area contributed by atoms with Crippen LogP contribution in [0.2, 0.25) is 0 Å². The zero-order valence-corrected chi connectivity index (χ0v) is 11.8. The van der Waals surface area contributed by atoms with Gasteiger partial charge in [-0.15, -0.1) is 0 Å². The summed E-state index contributed by atoms with van der Waals surface area (Å²) in [6.45, 7) is 1.68. The average Bonchev–Trinajstić information content (AvgIpc) is 2.48. The summed E-state index contributed by atoms with van der Waals surface area (Å²) in [5.74, 6) is 0.627. The minimum Gasteiger partial charge on any atom is -0.495 e. The second-order valence-electron chi connectivity index (χ2n) is 4.80. The Labute approximate surface area is 120 Å². The van der Waals surface area contributed by atoms with Crippen LogP contribution in [0, 0.1) is 11.3 Å². The molecule has 2 aromatic carbocycles.